The number of nitrogens with one attached hydrogen (secondary N) is 1. The van der Waals surface area contributed by atoms with Gasteiger partial charge in [-0.05, 0) is 30.3 Å². The molecule has 0 radical (unpaired) electrons. The molecule has 0 spiro atoms. The minimum absolute atomic E-state index is 0.0179. The van der Waals surface area contributed by atoms with Gasteiger partial charge in [-0.15, -0.1) is 0 Å². The number of H-pyrrole nitrogens is 1. The molecular formula is C16H16N4O9S2. The van der Waals surface area contributed by atoms with Crippen molar-refractivity contribution >= 4 is 37.6 Å². The van der Waals surface area contributed by atoms with Gasteiger partial charge in [0.25, 0.3) is 25.8 Å². The highest BCUT2D eigenvalue weighted by molar-refractivity contribution is 7.86. The predicted molar refractivity (Wildman–Crippen MR) is 108 cm³/mol. The highest BCUT2D eigenvalue weighted by Gasteiger charge is 2.17. The molecule has 0 saturated carbocycles. The third-order valence-electron chi connectivity index (χ3n) is 3.68. The zero-order valence-corrected chi connectivity index (χ0v) is 17.0. The van der Waals surface area contributed by atoms with E-state index in [9.17, 15) is 26.4 Å². The van der Waals surface area contributed by atoms with Gasteiger partial charge in [-0.3, -0.25) is 19.0 Å². The lowest BCUT2D eigenvalue weighted by molar-refractivity contribution is 0.0690. The first-order valence-electron chi connectivity index (χ1n) is 7.96. The van der Waals surface area contributed by atoms with Crippen molar-refractivity contribution in [3.8, 4) is 5.69 Å². The largest absolute Gasteiger partial charge is 0.477 e. The molecule has 0 fully saturated rings. The Kier molecular flexibility index (Phi) is 6.55. The summed E-state index contributed by atoms with van der Waals surface area (Å²) in [7, 11) is -8.72. The van der Waals surface area contributed by atoms with Crippen LogP contribution in [0.4, 0.5) is 11.4 Å². The molecule has 15 heteroatoms. The Hall–Kier alpha value is -3.66. The van der Waals surface area contributed by atoms with Gasteiger partial charge < -0.3 is 16.6 Å². The number of carboxylic acids is 1. The van der Waals surface area contributed by atoms with Crippen LogP contribution < -0.4 is 17.0 Å². The first-order valence-corrected chi connectivity index (χ1v) is 10.8. The molecule has 3 rings (SSSR count). The van der Waals surface area contributed by atoms with E-state index in [1.54, 1.807) is 6.07 Å². The maximum absolute atomic E-state index is 11.6. The molecule has 166 valence electrons. The van der Waals surface area contributed by atoms with Crippen LogP contribution >= 0.6 is 0 Å². The molecule has 0 saturated heterocycles. The Morgan fingerprint density at radius 2 is 1.42 bits per heavy atom. The maximum Gasteiger partial charge on any atom is 0.353 e. The van der Waals surface area contributed by atoms with Crippen LogP contribution in [-0.4, -0.2) is 46.8 Å². The van der Waals surface area contributed by atoms with Crippen molar-refractivity contribution in [3.63, 3.8) is 0 Å². The summed E-state index contributed by atoms with van der Waals surface area (Å²) in [6.07, 6.45) is 0. The Labute approximate surface area is 175 Å². The fourth-order valence-corrected chi connectivity index (χ4v) is 3.55. The SMILES string of the molecule is Nc1ccc(-n2[nH]c(C(=O)O)cc2=O)cc1S(=O)(=O)O.Nc1ccccc1S(=O)(=O)O. The molecule has 8 N–H and O–H groups in total. The van der Waals surface area contributed by atoms with Crippen LogP contribution in [0, 0.1) is 0 Å². The van der Waals surface area contributed by atoms with Gasteiger partial charge in [0, 0.05) is 6.07 Å². The number of nitrogens with zero attached hydrogens (tertiary/aromatic N) is 1. The number of aromatic amines is 1. The minimum atomic E-state index is -4.56. The molecule has 0 aliphatic heterocycles. The van der Waals surface area contributed by atoms with E-state index < -0.39 is 36.7 Å². The molecule has 0 unspecified atom stereocenters. The highest BCUT2D eigenvalue weighted by atomic mass is 32.2. The summed E-state index contributed by atoms with van der Waals surface area (Å²) < 4.78 is 61.7. The molecule has 0 bridgehead atoms. The first kappa shape index (κ1) is 23.6. The predicted octanol–water partition coefficient (Wildman–Crippen LogP) is 0.208. The molecule has 0 aliphatic carbocycles. The number of aromatic carboxylic acids is 1. The Morgan fingerprint density at radius 1 is 0.871 bits per heavy atom. The van der Waals surface area contributed by atoms with Gasteiger partial charge in [0.1, 0.15) is 15.5 Å². The summed E-state index contributed by atoms with van der Waals surface area (Å²) >= 11 is 0. The lowest BCUT2D eigenvalue weighted by atomic mass is 10.3. The molecule has 31 heavy (non-hydrogen) atoms. The molecule has 1 aromatic heterocycles. The van der Waals surface area contributed by atoms with Gasteiger partial charge in [-0.25, -0.2) is 9.48 Å². The van der Waals surface area contributed by atoms with E-state index in [2.05, 4.69) is 5.10 Å². The number of para-hydroxylation sites is 1. The van der Waals surface area contributed by atoms with Crippen molar-refractivity contribution in [1.82, 2.24) is 9.78 Å². The fourth-order valence-electron chi connectivity index (χ4n) is 2.30. The number of nitrogen functional groups attached to an aromatic ring is 2. The number of anilines is 2. The summed E-state index contributed by atoms with van der Waals surface area (Å²) in [5, 5.41) is 11.0. The van der Waals surface area contributed by atoms with E-state index in [4.69, 9.17) is 25.7 Å². The smallest absolute Gasteiger partial charge is 0.353 e. The number of aromatic nitrogens is 2. The standard InChI is InChI=1S/C10H9N3O6S.C6H7NO3S/c11-6-2-1-5(3-8(6)20(17,18)19)13-9(14)4-7(12-13)10(15)16;7-5-3-1-2-4-6(5)11(8,9)10/h1-4,12H,11H2,(H,15,16)(H,17,18,19);1-4H,7H2,(H,8,9,10). The number of hydrogen-bond acceptors (Lipinski definition) is 8. The molecule has 0 amide bonds. The summed E-state index contributed by atoms with van der Waals surface area (Å²) in [5.41, 5.74) is 9.49. The Balaban J connectivity index is 0.000000262. The van der Waals surface area contributed by atoms with Gasteiger partial charge in [0.2, 0.25) is 0 Å². The third-order valence-corrected chi connectivity index (χ3v) is 5.52. The van der Waals surface area contributed by atoms with Crippen molar-refractivity contribution in [1.29, 1.82) is 0 Å². The average molecular weight is 472 g/mol. The van der Waals surface area contributed by atoms with Gasteiger partial charge >= 0.3 is 5.97 Å². The molecule has 0 atom stereocenters. The van der Waals surface area contributed by atoms with Crippen molar-refractivity contribution in [3.05, 3.63) is 64.6 Å². The summed E-state index contributed by atoms with van der Waals surface area (Å²) in [6, 6.07) is 9.98. The minimum Gasteiger partial charge on any atom is -0.477 e. The van der Waals surface area contributed by atoms with Gasteiger partial charge in [-0.1, -0.05) is 12.1 Å². The van der Waals surface area contributed by atoms with Gasteiger partial charge in [0.15, 0.2) is 0 Å². The van der Waals surface area contributed by atoms with E-state index >= 15 is 0 Å². The Bertz CT molecular complexity index is 1410. The molecule has 13 nitrogen and oxygen atoms in total. The van der Waals surface area contributed by atoms with Crippen LogP contribution in [0.2, 0.25) is 0 Å². The van der Waals surface area contributed by atoms with E-state index in [1.165, 1.54) is 30.3 Å². The summed E-state index contributed by atoms with van der Waals surface area (Å²) in [4.78, 5) is 21.5. The summed E-state index contributed by atoms with van der Waals surface area (Å²) in [6.45, 7) is 0. The zero-order chi connectivity index (χ0) is 23.6. The maximum atomic E-state index is 11.6. The molecule has 0 aliphatic rings. The topological polar surface area (TPSA) is 236 Å². The van der Waals surface area contributed by atoms with Gasteiger partial charge in [-0.2, -0.15) is 16.8 Å². The van der Waals surface area contributed by atoms with E-state index in [0.29, 0.717) is 0 Å². The van der Waals surface area contributed by atoms with E-state index in [-0.39, 0.29) is 27.7 Å². The quantitative estimate of drug-likeness (QED) is 0.221. The van der Waals surface area contributed by atoms with Crippen molar-refractivity contribution in [2.45, 2.75) is 9.79 Å². The molecule has 3 aromatic rings. The van der Waals surface area contributed by atoms with Crippen LogP contribution in [0.25, 0.3) is 5.69 Å². The highest BCUT2D eigenvalue weighted by Crippen LogP contribution is 2.21. The number of carbonyl (C=O) groups is 1. The van der Waals surface area contributed by atoms with Crippen molar-refractivity contribution in [2.24, 2.45) is 0 Å². The lowest BCUT2D eigenvalue weighted by Gasteiger charge is -2.06. The van der Waals surface area contributed by atoms with Crippen LogP contribution in [0.15, 0.2) is 63.1 Å². The second-order valence-electron chi connectivity index (χ2n) is 5.86. The average Bonchev–Trinajstić information content (AvgIpc) is 3.03. The van der Waals surface area contributed by atoms with Crippen molar-refractivity contribution in [2.75, 3.05) is 11.5 Å². The number of hydrogen-bond donors (Lipinski definition) is 6. The van der Waals surface area contributed by atoms with Gasteiger partial charge in [0.05, 0.1) is 17.1 Å². The lowest BCUT2D eigenvalue weighted by Crippen LogP contribution is -2.14. The molecular weight excluding hydrogens is 456 g/mol. The monoisotopic (exact) mass is 472 g/mol. The van der Waals surface area contributed by atoms with Crippen LogP contribution in [0.3, 0.4) is 0 Å². The zero-order valence-electron chi connectivity index (χ0n) is 15.3. The fraction of sp³-hybridized carbons (Fsp3) is 0. The number of carboxylic acid groups (broad SMARTS) is 1. The van der Waals surface area contributed by atoms with Crippen LogP contribution in [0.5, 0.6) is 0 Å². The van der Waals surface area contributed by atoms with Crippen LogP contribution in [0.1, 0.15) is 10.5 Å². The summed E-state index contributed by atoms with van der Waals surface area (Å²) in [5.74, 6) is -1.34. The van der Waals surface area contributed by atoms with Crippen LogP contribution in [-0.2, 0) is 20.2 Å². The van der Waals surface area contributed by atoms with E-state index in [1.807, 2.05) is 0 Å². The second-order valence-corrected chi connectivity index (χ2v) is 8.64. The normalized spacial score (nSPS) is 11.4. The third kappa shape index (κ3) is 5.70. The molecule has 1 heterocycles. The number of nitrogens with two attached hydrogens (primary N) is 2. The van der Waals surface area contributed by atoms with E-state index in [0.717, 1.165) is 16.8 Å². The Morgan fingerprint density at radius 3 is 1.87 bits per heavy atom. The first-order chi connectivity index (χ1) is 14.2. The second kappa shape index (κ2) is 8.60. The number of benzene rings is 2. The molecule has 2 aromatic carbocycles. The van der Waals surface area contributed by atoms with Crippen molar-refractivity contribution < 1.29 is 35.8 Å². The number of rotatable bonds is 4.